The van der Waals surface area contributed by atoms with Crippen LogP contribution in [0.3, 0.4) is 0 Å². The molecule has 0 aliphatic heterocycles. The van der Waals surface area contributed by atoms with Gasteiger partial charge in [-0.05, 0) is 19.8 Å². The Balaban J connectivity index is 3.15. The summed E-state index contributed by atoms with van der Waals surface area (Å²) >= 11 is 5.84. The molecule has 0 N–H and O–H groups in total. The van der Waals surface area contributed by atoms with E-state index in [9.17, 15) is 10.1 Å². The zero-order valence-electron chi connectivity index (χ0n) is 11.1. The molecule has 100 valence electrons. The number of pyridine rings is 1. The van der Waals surface area contributed by atoms with Gasteiger partial charge in [-0.3, -0.25) is 10.1 Å². The summed E-state index contributed by atoms with van der Waals surface area (Å²) in [6.07, 6.45) is 0. The molecule has 0 saturated heterocycles. The first-order valence-corrected chi connectivity index (χ1v) is 6.27. The van der Waals surface area contributed by atoms with E-state index in [1.165, 1.54) is 12.1 Å². The van der Waals surface area contributed by atoms with Crippen molar-refractivity contribution in [3.63, 3.8) is 0 Å². The van der Waals surface area contributed by atoms with E-state index in [2.05, 4.69) is 18.8 Å². The second kappa shape index (κ2) is 6.00. The molecule has 0 aliphatic rings. The second-order valence-corrected chi connectivity index (χ2v) is 5.29. The molecule has 0 amide bonds. The van der Waals surface area contributed by atoms with Gasteiger partial charge in [0.1, 0.15) is 11.0 Å². The van der Waals surface area contributed by atoms with Crippen LogP contribution < -0.4 is 4.90 Å². The van der Waals surface area contributed by atoms with Crippen LogP contribution in [0.4, 0.5) is 11.5 Å². The van der Waals surface area contributed by atoms with E-state index < -0.39 is 4.92 Å². The van der Waals surface area contributed by atoms with Crippen LogP contribution in [0.15, 0.2) is 12.1 Å². The summed E-state index contributed by atoms with van der Waals surface area (Å²) in [4.78, 5) is 16.6. The van der Waals surface area contributed by atoms with E-state index in [-0.39, 0.29) is 16.9 Å². The van der Waals surface area contributed by atoms with E-state index in [1.807, 2.05) is 18.7 Å². The van der Waals surface area contributed by atoms with Crippen LogP contribution in [0.5, 0.6) is 0 Å². The van der Waals surface area contributed by atoms with E-state index in [4.69, 9.17) is 11.6 Å². The molecular formula is C12H18ClN3O2. The highest BCUT2D eigenvalue weighted by atomic mass is 35.5. The van der Waals surface area contributed by atoms with Crippen molar-refractivity contribution in [2.45, 2.75) is 33.7 Å². The molecule has 0 aromatic carbocycles. The molecule has 0 saturated carbocycles. The summed E-state index contributed by atoms with van der Waals surface area (Å²) in [6.45, 7) is 9.01. The van der Waals surface area contributed by atoms with Gasteiger partial charge in [0, 0.05) is 12.6 Å². The van der Waals surface area contributed by atoms with Crippen molar-refractivity contribution in [2.75, 3.05) is 11.4 Å². The molecule has 1 aromatic rings. The zero-order chi connectivity index (χ0) is 13.9. The predicted octanol–water partition coefficient (Wildman–Crippen LogP) is 3.51. The Bertz CT molecular complexity index is 435. The van der Waals surface area contributed by atoms with Crippen molar-refractivity contribution in [1.82, 2.24) is 4.98 Å². The molecule has 0 spiro atoms. The van der Waals surface area contributed by atoms with E-state index >= 15 is 0 Å². The Labute approximate surface area is 112 Å². The number of hydrogen-bond donors (Lipinski definition) is 0. The number of nitrogens with zero attached hydrogens (tertiary/aromatic N) is 3. The first-order chi connectivity index (χ1) is 8.31. The average Bonchev–Trinajstić information content (AvgIpc) is 2.24. The molecule has 6 heteroatoms. The van der Waals surface area contributed by atoms with Gasteiger partial charge in [-0.2, -0.15) is 0 Å². The second-order valence-electron chi connectivity index (χ2n) is 4.90. The SMILES string of the molecule is CC(C)CN(c1cc([N+](=O)[O-])cc(Cl)n1)C(C)C. The Morgan fingerprint density at radius 1 is 1.39 bits per heavy atom. The van der Waals surface area contributed by atoms with Crippen LogP contribution in [-0.2, 0) is 0 Å². The minimum absolute atomic E-state index is 0.0283. The standard InChI is InChI=1S/C12H18ClN3O2/c1-8(2)7-15(9(3)4)12-6-10(16(17)18)5-11(13)14-12/h5-6,8-9H,7H2,1-4H3. The minimum Gasteiger partial charge on any atom is -0.354 e. The fourth-order valence-electron chi connectivity index (χ4n) is 1.68. The van der Waals surface area contributed by atoms with Crippen molar-refractivity contribution in [2.24, 2.45) is 5.92 Å². The van der Waals surface area contributed by atoms with Gasteiger partial charge in [0.25, 0.3) is 5.69 Å². The monoisotopic (exact) mass is 271 g/mol. The number of nitro groups is 1. The van der Waals surface area contributed by atoms with Gasteiger partial charge in [-0.1, -0.05) is 25.4 Å². The highest BCUT2D eigenvalue weighted by molar-refractivity contribution is 6.29. The third kappa shape index (κ3) is 3.84. The Morgan fingerprint density at radius 3 is 2.44 bits per heavy atom. The number of halogens is 1. The maximum Gasteiger partial charge on any atom is 0.276 e. The van der Waals surface area contributed by atoms with Crippen molar-refractivity contribution >= 4 is 23.1 Å². The van der Waals surface area contributed by atoms with Crippen LogP contribution in [0, 0.1) is 16.0 Å². The maximum absolute atomic E-state index is 10.8. The number of anilines is 1. The molecule has 18 heavy (non-hydrogen) atoms. The maximum atomic E-state index is 10.8. The van der Waals surface area contributed by atoms with Gasteiger partial charge in [-0.25, -0.2) is 4.98 Å². The third-order valence-electron chi connectivity index (χ3n) is 2.46. The molecule has 5 nitrogen and oxygen atoms in total. The van der Waals surface area contributed by atoms with Crippen LogP contribution in [0.25, 0.3) is 0 Å². The lowest BCUT2D eigenvalue weighted by Crippen LogP contribution is -2.34. The molecule has 0 atom stereocenters. The summed E-state index contributed by atoms with van der Waals surface area (Å²) < 4.78 is 0. The normalized spacial score (nSPS) is 11.1. The smallest absolute Gasteiger partial charge is 0.276 e. The highest BCUT2D eigenvalue weighted by Crippen LogP contribution is 2.25. The van der Waals surface area contributed by atoms with Gasteiger partial charge in [0.2, 0.25) is 0 Å². The third-order valence-corrected chi connectivity index (χ3v) is 2.65. The molecule has 1 aromatic heterocycles. The van der Waals surface area contributed by atoms with Crippen molar-refractivity contribution < 1.29 is 4.92 Å². The number of hydrogen-bond acceptors (Lipinski definition) is 4. The largest absolute Gasteiger partial charge is 0.354 e. The van der Waals surface area contributed by atoms with Crippen LogP contribution >= 0.6 is 11.6 Å². The molecule has 0 unspecified atom stereocenters. The molecule has 0 fully saturated rings. The van der Waals surface area contributed by atoms with Gasteiger partial charge in [0.15, 0.2) is 0 Å². The van der Waals surface area contributed by atoms with Crippen LogP contribution in [0.2, 0.25) is 5.15 Å². The Morgan fingerprint density at radius 2 is 2.00 bits per heavy atom. The highest BCUT2D eigenvalue weighted by Gasteiger charge is 2.18. The lowest BCUT2D eigenvalue weighted by Gasteiger charge is -2.29. The summed E-state index contributed by atoms with van der Waals surface area (Å²) in [5, 5.41) is 11.0. The van der Waals surface area contributed by atoms with Crippen molar-refractivity contribution in [3.8, 4) is 0 Å². The molecular weight excluding hydrogens is 254 g/mol. The fraction of sp³-hybridized carbons (Fsp3) is 0.583. The molecule has 1 heterocycles. The lowest BCUT2D eigenvalue weighted by atomic mass is 10.1. The summed E-state index contributed by atoms with van der Waals surface area (Å²) in [5.41, 5.74) is -0.0283. The molecule has 0 aliphatic carbocycles. The first-order valence-electron chi connectivity index (χ1n) is 5.90. The summed E-state index contributed by atoms with van der Waals surface area (Å²) in [7, 11) is 0. The lowest BCUT2D eigenvalue weighted by molar-refractivity contribution is -0.384. The fourth-order valence-corrected chi connectivity index (χ4v) is 1.88. The summed E-state index contributed by atoms with van der Waals surface area (Å²) in [6, 6.07) is 2.94. The van der Waals surface area contributed by atoms with Crippen molar-refractivity contribution in [3.05, 3.63) is 27.4 Å². The Hall–Kier alpha value is -1.36. The molecule has 1 rings (SSSR count). The van der Waals surface area contributed by atoms with E-state index in [1.54, 1.807) is 0 Å². The minimum atomic E-state index is -0.453. The van der Waals surface area contributed by atoms with Crippen molar-refractivity contribution in [1.29, 1.82) is 0 Å². The Kier molecular flexibility index (Phi) is 4.90. The predicted molar refractivity (Wildman–Crippen MR) is 73.2 cm³/mol. The topological polar surface area (TPSA) is 59.3 Å². The van der Waals surface area contributed by atoms with Gasteiger partial charge < -0.3 is 4.90 Å². The van der Waals surface area contributed by atoms with Gasteiger partial charge >= 0.3 is 0 Å². The quantitative estimate of drug-likeness (QED) is 0.467. The van der Waals surface area contributed by atoms with Gasteiger partial charge in [0.05, 0.1) is 17.1 Å². The average molecular weight is 272 g/mol. The van der Waals surface area contributed by atoms with Crippen LogP contribution in [-0.4, -0.2) is 22.5 Å². The number of rotatable bonds is 5. The summed E-state index contributed by atoms with van der Waals surface area (Å²) in [5.74, 6) is 0.991. The molecule has 0 radical (unpaired) electrons. The number of aromatic nitrogens is 1. The molecule has 0 bridgehead atoms. The van der Waals surface area contributed by atoms with E-state index in [0.717, 1.165) is 6.54 Å². The first kappa shape index (κ1) is 14.7. The van der Waals surface area contributed by atoms with Gasteiger partial charge in [-0.15, -0.1) is 0 Å². The van der Waals surface area contributed by atoms with Crippen LogP contribution in [0.1, 0.15) is 27.7 Å². The zero-order valence-corrected chi connectivity index (χ0v) is 11.8. The van der Waals surface area contributed by atoms with E-state index in [0.29, 0.717) is 11.7 Å².